The zero-order chi connectivity index (χ0) is 12.3. The minimum atomic E-state index is 0.374. The van der Waals surface area contributed by atoms with E-state index < -0.39 is 0 Å². The molecule has 0 saturated carbocycles. The van der Waals surface area contributed by atoms with Crippen molar-refractivity contribution in [2.24, 2.45) is 5.92 Å². The average molecular weight is 227 g/mol. The van der Waals surface area contributed by atoms with Crippen molar-refractivity contribution in [3.63, 3.8) is 0 Å². The van der Waals surface area contributed by atoms with Crippen LogP contribution in [0.5, 0.6) is 0 Å². The first-order valence-corrected chi connectivity index (χ1v) is 5.45. The van der Waals surface area contributed by atoms with Crippen molar-refractivity contribution in [1.29, 1.82) is 5.26 Å². The highest BCUT2D eigenvalue weighted by molar-refractivity contribution is 5.88. The summed E-state index contributed by atoms with van der Waals surface area (Å²) in [5, 5.41) is 13.0. The minimum absolute atomic E-state index is 0.374. The normalized spacial score (nSPS) is 10.5. The van der Waals surface area contributed by atoms with Crippen molar-refractivity contribution in [2.45, 2.75) is 13.8 Å². The summed E-state index contributed by atoms with van der Waals surface area (Å²) >= 11 is 0. The molecule has 0 unspecified atom stereocenters. The average Bonchev–Trinajstić information content (AvgIpc) is 2.35. The lowest BCUT2D eigenvalue weighted by Gasteiger charge is -2.10. The molecule has 86 valence electrons. The highest BCUT2D eigenvalue weighted by atomic mass is 15.0. The molecular formula is C12H13N5. The third-order valence-corrected chi connectivity index (χ3v) is 2.28. The summed E-state index contributed by atoms with van der Waals surface area (Å²) in [6.07, 6.45) is 3.17. The van der Waals surface area contributed by atoms with Crippen LogP contribution in [0.1, 0.15) is 19.5 Å². The molecule has 0 saturated heterocycles. The highest BCUT2D eigenvalue weighted by Crippen LogP contribution is 2.19. The molecule has 2 rings (SSSR count). The molecule has 0 aliphatic heterocycles. The highest BCUT2D eigenvalue weighted by Gasteiger charge is 2.07. The van der Waals surface area contributed by atoms with Gasteiger partial charge in [-0.15, -0.1) is 0 Å². The molecule has 0 radical (unpaired) electrons. The second kappa shape index (κ2) is 4.74. The number of hydrogen-bond acceptors (Lipinski definition) is 5. The maximum Gasteiger partial charge on any atom is 0.154 e. The minimum Gasteiger partial charge on any atom is -0.368 e. The van der Waals surface area contributed by atoms with Gasteiger partial charge in [-0.25, -0.2) is 15.0 Å². The van der Waals surface area contributed by atoms with E-state index >= 15 is 0 Å². The quantitative estimate of drug-likeness (QED) is 0.867. The lowest BCUT2D eigenvalue weighted by molar-refractivity contribution is 0.687. The first-order chi connectivity index (χ1) is 8.20. The predicted molar refractivity (Wildman–Crippen MR) is 65.4 cm³/mol. The van der Waals surface area contributed by atoms with Gasteiger partial charge in [0.1, 0.15) is 23.6 Å². The van der Waals surface area contributed by atoms with E-state index in [9.17, 15) is 0 Å². The fraction of sp³-hybridized carbons (Fsp3) is 0.333. The summed E-state index contributed by atoms with van der Waals surface area (Å²) in [6, 6.07) is 3.73. The van der Waals surface area contributed by atoms with Crippen molar-refractivity contribution < 1.29 is 0 Å². The zero-order valence-corrected chi connectivity index (χ0v) is 9.81. The van der Waals surface area contributed by atoms with Gasteiger partial charge in [-0.1, -0.05) is 13.8 Å². The molecule has 0 aliphatic rings. The number of rotatable bonds is 3. The maximum absolute atomic E-state index is 8.92. The Balaban J connectivity index is 2.48. The monoisotopic (exact) mass is 227 g/mol. The Morgan fingerprint density at radius 3 is 3.00 bits per heavy atom. The van der Waals surface area contributed by atoms with Gasteiger partial charge in [0, 0.05) is 18.1 Å². The predicted octanol–water partition coefficient (Wildman–Crippen LogP) is 1.96. The van der Waals surface area contributed by atoms with Crippen LogP contribution >= 0.6 is 0 Å². The standard InChI is InChI=1S/C12H13N5/c1-8(2)5-15-12-11-9(6-14-7-16-11)3-10(4-13)17-12/h3,6-8H,5H2,1-2H3,(H,15,17). The van der Waals surface area contributed by atoms with Crippen molar-refractivity contribution in [2.75, 3.05) is 11.9 Å². The van der Waals surface area contributed by atoms with Gasteiger partial charge in [-0.05, 0) is 12.0 Å². The van der Waals surface area contributed by atoms with Crippen LogP contribution in [0, 0.1) is 17.2 Å². The molecular weight excluding hydrogens is 214 g/mol. The Kier molecular flexibility index (Phi) is 3.15. The van der Waals surface area contributed by atoms with Gasteiger partial charge in [-0.3, -0.25) is 0 Å². The molecule has 0 fully saturated rings. The first-order valence-electron chi connectivity index (χ1n) is 5.45. The summed E-state index contributed by atoms with van der Waals surface area (Å²) in [4.78, 5) is 12.4. The van der Waals surface area contributed by atoms with Crippen molar-refractivity contribution in [3.8, 4) is 6.07 Å². The van der Waals surface area contributed by atoms with Crippen LogP contribution in [-0.4, -0.2) is 21.5 Å². The maximum atomic E-state index is 8.92. The van der Waals surface area contributed by atoms with Gasteiger partial charge < -0.3 is 5.32 Å². The second-order valence-corrected chi connectivity index (χ2v) is 4.20. The van der Waals surface area contributed by atoms with Crippen LogP contribution in [0.3, 0.4) is 0 Å². The zero-order valence-electron chi connectivity index (χ0n) is 9.81. The Hall–Kier alpha value is -2.22. The van der Waals surface area contributed by atoms with E-state index in [-0.39, 0.29) is 0 Å². The lowest BCUT2D eigenvalue weighted by atomic mass is 10.2. The second-order valence-electron chi connectivity index (χ2n) is 4.20. The fourth-order valence-electron chi connectivity index (χ4n) is 1.48. The van der Waals surface area contributed by atoms with Gasteiger partial charge in [-0.2, -0.15) is 5.26 Å². The first kappa shape index (κ1) is 11.3. The SMILES string of the molecule is CC(C)CNc1nc(C#N)cc2cncnc12. The van der Waals surface area contributed by atoms with Crippen molar-refractivity contribution in [1.82, 2.24) is 15.0 Å². The fourth-order valence-corrected chi connectivity index (χ4v) is 1.48. The lowest BCUT2D eigenvalue weighted by Crippen LogP contribution is -2.10. The van der Waals surface area contributed by atoms with Crippen LogP contribution < -0.4 is 5.32 Å². The molecule has 0 amide bonds. The van der Waals surface area contributed by atoms with Crippen LogP contribution in [0.25, 0.3) is 10.9 Å². The van der Waals surface area contributed by atoms with Crippen molar-refractivity contribution in [3.05, 3.63) is 24.3 Å². The summed E-state index contributed by atoms with van der Waals surface area (Å²) in [5.74, 6) is 1.15. The largest absolute Gasteiger partial charge is 0.368 e. The Morgan fingerprint density at radius 2 is 2.29 bits per heavy atom. The molecule has 1 N–H and O–H groups in total. The molecule has 17 heavy (non-hydrogen) atoms. The topological polar surface area (TPSA) is 74.5 Å². The van der Waals surface area contributed by atoms with Crippen molar-refractivity contribution >= 4 is 16.7 Å². The van der Waals surface area contributed by atoms with E-state index in [1.54, 1.807) is 12.3 Å². The molecule has 0 aliphatic carbocycles. The van der Waals surface area contributed by atoms with Crippen LogP contribution in [-0.2, 0) is 0 Å². The third kappa shape index (κ3) is 2.48. The summed E-state index contributed by atoms with van der Waals surface area (Å²) < 4.78 is 0. The number of pyridine rings is 1. The van der Waals surface area contributed by atoms with E-state index in [0.29, 0.717) is 17.4 Å². The summed E-state index contributed by atoms with van der Waals surface area (Å²) in [7, 11) is 0. The molecule has 2 aromatic rings. The molecule has 0 atom stereocenters. The van der Waals surface area contributed by atoms with Gasteiger partial charge in [0.25, 0.3) is 0 Å². The number of fused-ring (bicyclic) bond motifs is 1. The number of nitrogens with zero attached hydrogens (tertiary/aromatic N) is 4. The van der Waals surface area contributed by atoms with Gasteiger partial charge in [0.05, 0.1) is 0 Å². The van der Waals surface area contributed by atoms with Gasteiger partial charge in [0.15, 0.2) is 5.82 Å². The van der Waals surface area contributed by atoms with E-state index in [2.05, 4.69) is 34.1 Å². The summed E-state index contributed by atoms with van der Waals surface area (Å²) in [6.45, 7) is 5.01. The van der Waals surface area contributed by atoms with Crippen LogP contribution in [0.15, 0.2) is 18.6 Å². The molecule has 0 spiro atoms. The number of anilines is 1. The summed E-state index contributed by atoms with van der Waals surface area (Å²) in [5.41, 5.74) is 1.12. The molecule has 5 heteroatoms. The van der Waals surface area contributed by atoms with E-state index in [1.807, 2.05) is 6.07 Å². The molecule has 2 heterocycles. The molecule has 0 aromatic carbocycles. The van der Waals surface area contributed by atoms with Crippen LogP contribution in [0.2, 0.25) is 0 Å². The Labute approximate surface area is 99.5 Å². The molecule has 0 bridgehead atoms. The van der Waals surface area contributed by atoms with Gasteiger partial charge in [0.2, 0.25) is 0 Å². The van der Waals surface area contributed by atoms with Gasteiger partial charge >= 0.3 is 0 Å². The Morgan fingerprint density at radius 1 is 1.47 bits per heavy atom. The Bertz CT molecular complexity index is 571. The molecule has 5 nitrogen and oxygen atoms in total. The van der Waals surface area contributed by atoms with E-state index in [1.165, 1.54) is 6.33 Å². The number of hydrogen-bond donors (Lipinski definition) is 1. The number of nitriles is 1. The number of aromatic nitrogens is 3. The smallest absolute Gasteiger partial charge is 0.154 e. The van der Waals surface area contributed by atoms with E-state index in [0.717, 1.165) is 17.4 Å². The number of nitrogens with one attached hydrogen (secondary N) is 1. The van der Waals surface area contributed by atoms with E-state index in [4.69, 9.17) is 5.26 Å². The molecule has 2 aromatic heterocycles. The third-order valence-electron chi connectivity index (χ3n) is 2.28. The van der Waals surface area contributed by atoms with Crippen LogP contribution in [0.4, 0.5) is 5.82 Å².